The number of aliphatic hydroxyl groups is 1. The minimum atomic E-state index is -0.791. The van der Waals surface area contributed by atoms with E-state index in [-0.39, 0.29) is 5.91 Å². The van der Waals surface area contributed by atoms with Crippen molar-refractivity contribution in [1.29, 1.82) is 0 Å². The highest BCUT2D eigenvalue weighted by atomic mass is 16.3. The number of hydrogen-bond donors (Lipinski definition) is 1. The van der Waals surface area contributed by atoms with Crippen LogP contribution in [0.5, 0.6) is 0 Å². The van der Waals surface area contributed by atoms with E-state index in [0.717, 1.165) is 0 Å². The molecule has 0 fully saturated rings. The van der Waals surface area contributed by atoms with Crippen molar-refractivity contribution < 1.29 is 9.90 Å². The lowest BCUT2D eigenvalue weighted by atomic mass is 10.1. The van der Waals surface area contributed by atoms with Gasteiger partial charge in [0.2, 0.25) is 5.91 Å². The SMILES string of the molecule is CC(=O)N(C)CC(C)(C)O. The summed E-state index contributed by atoms with van der Waals surface area (Å²) in [5.41, 5.74) is -0.791. The van der Waals surface area contributed by atoms with Crippen molar-refractivity contribution in [3.8, 4) is 0 Å². The van der Waals surface area contributed by atoms with Crippen molar-refractivity contribution >= 4 is 5.91 Å². The highest BCUT2D eigenvalue weighted by molar-refractivity contribution is 5.72. The Morgan fingerprint density at radius 2 is 2.00 bits per heavy atom. The second kappa shape index (κ2) is 3.01. The molecule has 0 heterocycles. The third kappa shape index (κ3) is 4.32. The quantitative estimate of drug-likeness (QED) is 0.604. The fourth-order valence-electron chi connectivity index (χ4n) is 0.692. The maximum Gasteiger partial charge on any atom is 0.219 e. The van der Waals surface area contributed by atoms with Gasteiger partial charge in [-0.05, 0) is 13.8 Å². The zero-order valence-corrected chi connectivity index (χ0v) is 7.01. The summed E-state index contributed by atoms with van der Waals surface area (Å²) in [5.74, 6) is -0.0258. The van der Waals surface area contributed by atoms with Gasteiger partial charge in [0.05, 0.1) is 5.60 Å². The zero-order valence-electron chi connectivity index (χ0n) is 7.01. The van der Waals surface area contributed by atoms with Crippen molar-refractivity contribution in [1.82, 2.24) is 4.90 Å². The second-order valence-corrected chi connectivity index (χ2v) is 3.19. The molecule has 0 atom stereocenters. The number of carbonyl (C=O) groups is 1. The van der Waals surface area contributed by atoms with Gasteiger partial charge in [-0.25, -0.2) is 0 Å². The molecular formula is C7H15NO2. The Morgan fingerprint density at radius 3 is 2.10 bits per heavy atom. The van der Waals surface area contributed by atoms with E-state index in [1.807, 2.05) is 0 Å². The molecule has 0 aliphatic heterocycles. The number of nitrogens with zero attached hydrogens (tertiary/aromatic N) is 1. The molecule has 0 aliphatic carbocycles. The monoisotopic (exact) mass is 145 g/mol. The van der Waals surface area contributed by atoms with E-state index in [2.05, 4.69) is 0 Å². The topological polar surface area (TPSA) is 40.5 Å². The Hall–Kier alpha value is -0.570. The summed E-state index contributed by atoms with van der Waals surface area (Å²) >= 11 is 0. The van der Waals surface area contributed by atoms with Gasteiger partial charge in [-0.15, -0.1) is 0 Å². The van der Waals surface area contributed by atoms with Gasteiger partial charge in [0.1, 0.15) is 0 Å². The smallest absolute Gasteiger partial charge is 0.219 e. The van der Waals surface area contributed by atoms with E-state index in [1.54, 1.807) is 20.9 Å². The molecule has 10 heavy (non-hydrogen) atoms. The molecule has 0 unspecified atom stereocenters. The van der Waals surface area contributed by atoms with Crippen molar-refractivity contribution in [2.75, 3.05) is 13.6 Å². The van der Waals surface area contributed by atoms with Crippen LogP contribution in [0.15, 0.2) is 0 Å². The fourth-order valence-corrected chi connectivity index (χ4v) is 0.692. The lowest BCUT2D eigenvalue weighted by molar-refractivity contribution is -0.130. The number of likely N-dealkylation sites (N-methyl/N-ethyl adjacent to an activating group) is 1. The van der Waals surface area contributed by atoms with E-state index in [1.165, 1.54) is 11.8 Å². The van der Waals surface area contributed by atoms with Crippen LogP contribution < -0.4 is 0 Å². The third-order valence-electron chi connectivity index (χ3n) is 1.16. The van der Waals surface area contributed by atoms with Crippen LogP contribution >= 0.6 is 0 Å². The zero-order chi connectivity index (χ0) is 8.36. The van der Waals surface area contributed by atoms with Crippen LogP contribution in [0.25, 0.3) is 0 Å². The summed E-state index contributed by atoms with van der Waals surface area (Å²) in [5, 5.41) is 9.24. The molecule has 0 saturated carbocycles. The Balaban J connectivity index is 3.80. The third-order valence-corrected chi connectivity index (χ3v) is 1.16. The number of rotatable bonds is 2. The van der Waals surface area contributed by atoms with E-state index in [0.29, 0.717) is 6.54 Å². The Labute approximate surface area is 61.6 Å². The minimum Gasteiger partial charge on any atom is -0.389 e. The molecule has 0 saturated heterocycles. The molecule has 3 nitrogen and oxygen atoms in total. The van der Waals surface area contributed by atoms with E-state index in [4.69, 9.17) is 0 Å². The fraction of sp³-hybridized carbons (Fsp3) is 0.857. The van der Waals surface area contributed by atoms with Crippen LogP contribution in [0.1, 0.15) is 20.8 Å². The Bertz CT molecular complexity index is 126. The Morgan fingerprint density at radius 1 is 1.60 bits per heavy atom. The Kier molecular flexibility index (Phi) is 2.84. The first-order valence-electron chi connectivity index (χ1n) is 3.27. The van der Waals surface area contributed by atoms with Crippen LogP contribution in [0, 0.1) is 0 Å². The molecule has 0 bridgehead atoms. The molecule has 3 heteroatoms. The van der Waals surface area contributed by atoms with E-state index >= 15 is 0 Å². The van der Waals surface area contributed by atoms with Crippen LogP contribution in [-0.2, 0) is 4.79 Å². The van der Waals surface area contributed by atoms with Crippen molar-refractivity contribution in [3.05, 3.63) is 0 Å². The van der Waals surface area contributed by atoms with Gasteiger partial charge in [0.25, 0.3) is 0 Å². The molecule has 0 aromatic heterocycles. The normalized spacial score (nSPS) is 11.3. The van der Waals surface area contributed by atoms with Crippen molar-refractivity contribution in [2.45, 2.75) is 26.4 Å². The summed E-state index contributed by atoms with van der Waals surface area (Å²) in [6, 6.07) is 0. The standard InChI is InChI=1S/C7H15NO2/c1-6(9)8(4)5-7(2,3)10/h10H,5H2,1-4H3. The number of amides is 1. The molecule has 0 spiro atoms. The van der Waals surface area contributed by atoms with Gasteiger partial charge >= 0.3 is 0 Å². The van der Waals surface area contributed by atoms with Crippen LogP contribution in [0.2, 0.25) is 0 Å². The summed E-state index contributed by atoms with van der Waals surface area (Å²) < 4.78 is 0. The summed E-state index contributed by atoms with van der Waals surface area (Å²) in [4.78, 5) is 12.1. The summed E-state index contributed by atoms with van der Waals surface area (Å²) in [6.45, 7) is 5.20. The van der Waals surface area contributed by atoms with E-state index < -0.39 is 5.60 Å². The summed E-state index contributed by atoms with van der Waals surface area (Å²) in [7, 11) is 1.67. The highest BCUT2D eigenvalue weighted by Crippen LogP contribution is 2.02. The lowest BCUT2D eigenvalue weighted by Gasteiger charge is -2.24. The summed E-state index contributed by atoms with van der Waals surface area (Å²) in [6.07, 6.45) is 0. The van der Waals surface area contributed by atoms with Crippen molar-refractivity contribution in [2.24, 2.45) is 0 Å². The molecule has 0 aliphatic rings. The highest BCUT2D eigenvalue weighted by Gasteiger charge is 2.16. The molecule has 0 aromatic rings. The van der Waals surface area contributed by atoms with Gasteiger partial charge in [-0.2, -0.15) is 0 Å². The number of hydrogen-bond acceptors (Lipinski definition) is 2. The maximum atomic E-state index is 10.6. The maximum absolute atomic E-state index is 10.6. The second-order valence-electron chi connectivity index (χ2n) is 3.19. The molecule has 1 N–H and O–H groups in total. The largest absolute Gasteiger partial charge is 0.389 e. The predicted octanol–water partition coefficient (Wildman–Crippen LogP) is 0.236. The van der Waals surface area contributed by atoms with Gasteiger partial charge in [0.15, 0.2) is 0 Å². The molecular weight excluding hydrogens is 130 g/mol. The molecule has 60 valence electrons. The minimum absolute atomic E-state index is 0.0258. The molecule has 1 amide bonds. The predicted molar refractivity (Wildman–Crippen MR) is 39.6 cm³/mol. The molecule has 0 rings (SSSR count). The van der Waals surface area contributed by atoms with Crippen LogP contribution in [-0.4, -0.2) is 35.1 Å². The molecule has 0 aromatic carbocycles. The van der Waals surface area contributed by atoms with Crippen LogP contribution in [0.4, 0.5) is 0 Å². The van der Waals surface area contributed by atoms with E-state index in [9.17, 15) is 9.90 Å². The average Bonchev–Trinajstić information content (AvgIpc) is 1.60. The average molecular weight is 145 g/mol. The first-order chi connectivity index (χ1) is 4.33. The number of carbonyl (C=O) groups excluding carboxylic acids is 1. The van der Waals surface area contributed by atoms with Crippen molar-refractivity contribution in [3.63, 3.8) is 0 Å². The van der Waals surface area contributed by atoms with Gasteiger partial charge in [-0.1, -0.05) is 0 Å². The van der Waals surface area contributed by atoms with Gasteiger partial charge in [0, 0.05) is 20.5 Å². The first kappa shape index (κ1) is 9.43. The van der Waals surface area contributed by atoms with Gasteiger partial charge < -0.3 is 10.0 Å². The molecule has 0 radical (unpaired) electrons. The van der Waals surface area contributed by atoms with Gasteiger partial charge in [-0.3, -0.25) is 4.79 Å². The van der Waals surface area contributed by atoms with Crippen LogP contribution in [0.3, 0.4) is 0 Å². The first-order valence-corrected chi connectivity index (χ1v) is 3.27. The lowest BCUT2D eigenvalue weighted by Crippen LogP contribution is -2.38.